The largest absolute Gasteiger partial charge is 0.434 e. The quantitative estimate of drug-likeness (QED) is 0.622. The summed E-state index contributed by atoms with van der Waals surface area (Å²) in [5.74, 6) is -0.502. The summed E-state index contributed by atoms with van der Waals surface area (Å²) in [7, 11) is 0. The first-order valence-electron chi connectivity index (χ1n) is 4.27. The Morgan fingerprint density at radius 1 is 1.47 bits per heavy atom. The minimum absolute atomic E-state index is 0.143. The van der Waals surface area contributed by atoms with Crippen molar-refractivity contribution in [1.82, 2.24) is 0 Å². The van der Waals surface area contributed by atoms with E-state index >= 15 is 0 Å². The molecule has 0 aliphatic carbocycles. The van der Waals surface area contributed by atoms with E-state index in [1.165, 1.54) is 19.1 Å². The van der Waals surface area contributed by atoms with Gasteiger partial charge < -0.3 is 10.5 Å². The van der Waals surface area contributed by atoms with E-state index in [4.69, 9.17) is 5.73 Å². The maximum atomic E-state index is 12.1. The number of halogens is 2. The zero-order chi connectivity index (χ0) is 11.6. The summed E-state index contributed by atoms with van der Waals surface area (Å²) in [4.78, 5) is 11.2. The van der Waals surface area contributed by atoms with Crippen LogP contribution in [0.15, 0.2) is 12.1 Å². The number of carbonyl (C=O) groups is 1. The van der Waals surface area contributed by atoms with Crippen molar-refractivity contribution in [2.45, 2.75) is 20.5 Å². The molecule has 0 aliphatic rings. The van der Waals surface area contributed by atoms with Gasteiger partial charge >= 0.3 is 6.61 Å². The van der Waals surface area contributed by atoms with E-state index in [1.807, 2.05) is 0 Å². The summed E-state index contributed by atoms with van der Waals surface area (Å²) >= 11 is 0. The summed E-state index contributed by atoms with van der Waals surface area (Å²) in [6.45, 7) is -0.0632. The van der Waals surface area contributed by atoms with Gasteiger partial charge in [-0.25, -0.2) is 0 Å². The molecule has 3 nitrogen and oxygen atoms in total. The van der Waals surface area contributed by atoms with Gasteiger partial charge in [0.1, 0.15) is 5.75 Å². The van der Waals surface area contributed by atoms with Gasteiger partial charge in [-0.1, -0.05) is 0 Å². The van der Waals surface area contributed by atoms with E-state index < -0.39 is 6.61 Å². The molecule has 15 heavy (non-hydrogen) atoms. The van der Waals surface area contributed by atoms with Crippen LogP contribution in [0.5, 0.6) is 5.75 Å². The number of nitrogen functional groups attached to an aromatic ring is 1. The second-order valence-corrected chi connectivity index (χ2v) is 3.15. The van der Waals surface area contributed by atoms with Crippen LogP contribution in [0.2, 0.25) is 0 Å². The van der Waals surface area contributed by atoms with Crippen molar-refractivity contribution in [1.29, 1.82) is 0 Å². The maximum Gasteiger partial charge on any atom is 0.387 e. The van der Waals surface area contributed by atoms with E-state index in [0.717, 1.165) is 0 Å². The topological polar surface area (TPSA) is 52.3 Å². The van der Waals surface area contributed by atoms with Crippen LogP contribution in [0.4, 0.5) is 14.5 Å². The number of ether oxygens (including phenoxy) is 1. The number of benzene rings is 1. The first kappa shape index (κ1) is 11.4. The lowest BCUT2D eigenvalue weighted by Gasteiger charge is -2.11. The Morgan fingerprint density at radius 3 is 2.53 bits per heavy atom. The van der Waals surface area contributed by atoms with Crippen molar-refractivity contribution < 1.29 is 18.3 Å². The molecular weight excluding hydrogens is 204 g/mol. The number of alkyl halides is 2. The highest BCUT2D eigenvalue weighted by Crippen LogP contribution is 2.27. The number of hydrogen-bond acceptors (Lipinski definition) is 3. The number of anilines is 1. The third-order valence-corrected chi connectivity index (χ3v) is 1.89. The van der Waals surface area contributed by atoms with Crippen molar-refractivity contribution >= 4 is 11.5 Å². The second kappa shape index (κ2) is 4.25. The minimum Gasteiger partial charge on any atom is -0.434 e. The predicted octanol–water partition coefficient (Wildman–Crippen LogP) is 2.38. The van der Waals surface area contributed by atoms with Gasteiger partial charge in [-0.05, 0) is 25.5 Å². The molecule has 0 saturated heterocycles. The maximum absolute atomic E-state index is 12.1. The Morgan fingerprint density at radius 2 is 2.07 bits per heavy atom. The number of ketones is 1. The van der Waals surface area contributed by atoms with E-state index in [2.05, 4.69) is 4.74 Å². The second-order valence-electron chi connectivity index (χ2n) is 3.15. The Hall–Kier alpha value is -1.65. The van der Waals surface area contributed by atoms with Crippen LogP contribution in [0.1, 0.15) is 22.8 Å². The summed E-state index contributed by atoms with van der Waals surface area (Å²) in [6.07, 6.45) is 0. The molecule has 0 amide bonds. The summed E-state index contributed by atoms with van der Waals surface area (Å²) in [6, 6.07) is 2.75. The smallest absolute Gasteiger partial charge is 0.387 e. The predicted molar refractivity (Wildman–Crippen MR) is 52.2 cm³/mol. The zero-order valence-electron chi connectivity index (χ0n) is 8.38. The number of carbonyl (C=O) groups excluding carboxylic acids is 1. The molecule has 5 heteroatoms. The zero-order valence-corrected chi connectivity index (χ0v) is 8.38. The van der Waals surface area contributed by atoms with Gasteiger partial charge in [0.15, 0.2) is 5.78 Å². The minimum atomic E-state index is -2.97. The Kier molecular flexibility index (Phi) is 3.24. The monoisotopic (exact) mass is 215 g/mol. The summed E-state index contributed by atoms with van der Waals surface area (Å²) < 4.78 is 28.3. The molecule has 0 unspecified atom stereocenters. The van der Waals surface area contributed by atoms with Crippen molar-refractivity contribution in [3.8, 4) is 5.75 Å². The van der Waals surface area contributed by atoms with Crippen LogP contribution in [0.3, 0.4) is 0 Å². The molecule has 0 saturated carbocycles. The molecule has 0 atom stereocenters. The highest BCUT2D eigenvalue weighted by atomic mass is 19.3. The van der Waals surface area contributed by atoms with Crippen molar-refractivity contribution in [3.05, 3.63) is 23.3 Å². The molecule has 0 aromatic heterocycles. The first-order valence-corrected chi connectivity index (χ1v) is 4.27. The Balaban J connectivity index is 3.27. The van der Waals surface area contributed by atoms with Gasteiger partial charge in [0.2, 0.25) is 0 Å². The van der Waals surface area contributed by atoms with E-state index in [1.54, 1.807) is 6.92 Å². The molecule has 2 N–H and O–H groups in total. The fourth-order valence-electron chi connectivity index (χ4n) is 1.42. The molecule has 1 aromatic rings. The lowest BCUT2D eigenvalue weighted by atomic mass is 10.0. The van der Waals surface area contributed by atoms with Crippen LogP contribution in [0.25, 0.3) is 0 Å². The third-order valence-electron chi connectivity index (χ3n) is 1.89. The van der Waals surface area contributed by atoms with Gasteiger partial charge in [0.25, 0.3) is 0 Å². The molecule has 0 fully saturated rings. The van der Waals surface area contributed by atoms with Crippen LogP contribution < -0.4 is 10.5 Å². The van der Waals surface area contributed by atoms with Gasteiger partial charge in [-0.2, -0.15) is 8.78 Å². The number of rotatable bonds is 3. The Bertz CT molecular complexity index is 391. The van der Waals surface area contributed by atoms with E-state index in [-0.39, 0.29) is 22.8 Å². The summed E-state index contributed by atoms with van der Waals surface area (Å²) in [5.41, 5.74) is 6.42. The normalized spacial score (nSPS) is 10.5. The fraction of sp³-hybridized carbons (Fsp3) is 0.300. The number of Topliss-reactive ketones (excluding diaryl/α,β-unsaturated/α-hetero) is 1. The molecular formula is C10H11F2NO2. The van der Waals surface area contributed by atoms with Crippen LogP contribution >= 0.6 is 0 Å². The van der Waals surface area contributed by atoms with Crippen molar-refractivity contribution in [3.63, 3.8) is 0 Å². The highest BCUT2D eigenvalue weighted by Gasteiger charge is 2.16. The number of nitrogens with two attached hydrogens (primary N) is 1. The molecule has 1 aromatic carbocycles. The number of aryl methyl sites for hydroxylation is 1. The first-order chi connectivity index (χ1) is 6.91. The number of hydrogen-bond donors (Lipinski definition) is 1. The molecule has 0 aliphatic heterocycles. The molecule has 1 rings (SSSR count). The van der Waals surface area contributed by atoms with Gasteiger partial charge in [0.05, 0.1) is 5.56 Å². The standard InChI is InChI=1S/C10H11F2NO2/c1-5-3-7(13)4-8(15-10(11)12)9(5)6(2)14/h3-4,10H,13H2,1-2H3. The Labute approximate surface area is 85.8 Å². The van der Waals surface area contributed by atoms with Crippen LogP contribution in [-0.2, 0) is 0 Å². The molecule has 82 valence electrons. The molecule has 0 radical (unpaired) electrons. The van der Waals surface area contributed by atoms with Crippen molar-refractivity contribution in [2.24, 2.45) is 0 Å². The lowest BCUT2D eigenvalue weighted by Crippen LogP contribution is -2.08. The molecule has 0 bridgehead atoms. The lowest BCUT2D eigenvalue weighted by molar-refractivity contribution is -0.0501. The van der Waals surface area contributed by atoms with Crippen LogP contribution in [-0.4, -0.2) is 12.4 Å². The molecule has 0 spiro atoms. The highest BCUT2D eigenvalue weighted by molar-refractivity contribution is 5.98. The van der Waals surface area contributed by atoms with Crippen LogP contribution in [0, 0.1) is 6.92 Å². The van der Waals surface area contributed by atoms with Gasteiger partial charge in [-0.15, -0.1) is 0 Å². The SMILES string of the molecule is CC(=O)c1c(C)cc(N)cc1OC(F)F. The summed E-state index contributed by atoms with van der Waals surface area (Å²) in [5, 5.41) is 0. The van der Waals surface area contributed by atoms with Gasteiger partial charge in [-0.3, -0.25) is 4.79 Å². The average molecular weight is 215 g/mol. The molecule has 0 heterocycles. The fourth-order valence-corrected chi connectivity index (χ4v) is 1.42. The van der Waals surface area contributed by atoms with E-state index in [9.17, 15) is 13.6 Å². The average Bonchev–Trinajstić information content (AvgIpc) is 1.99. The van der Waals surface area contributed by atoms with Gasteiger partial charge in [0, 0.05) is 11.8 Å². The van der Waals surface area contributed by atoms with E-state index in [0.29, 0.717) is 5.56 Å². The van der Waals surface area contributed by atoms with Crippen molar-refractivity contribution in [2.75, 3.05) is 5.73 Å². The third kappa shape index (κ3) is 2.65.